The van der Waals surface area contributed by atoms with E-state index in [1.807, 2.05) is 0 Å². The first-order chi connectivity index (χ1) is 45.9. The first-order valence-electron chi connectivity index (χ1n) is 28.3. The largest absolute Gasteiger partial charge is 0.481 e. The van der Waals surface area contributed by atoms with Gasteiger partial charge in [0, 0.05) is 18.2 Å². The number of halogens is 9. The minimum atomic E-state index is -4.71. The summed E-state index contributed by atoms with van der Waals surface area (Å²) in [7, 11) is 2.50. The molecule has 0 bridgehead atoms. The number of aromatic nitrogens is 6. The Bertz CT molecular complexity index is 4570. The molecule has 0 atom stereocenters. The molecule has 5 aromatic heterocycles. The number of hydrogen-bond acceptors (Lipinski definition) is 16. The third-order valence-corrected chi connectivity index (χ3v) is 13.3. The van der Waals surface area contributed by atoms with Crippen LogP contribution in [0.3, 0.4) is 0 Å². The molecular weight excluding hydrogens is 1290 g/mol. The highest BCUT2D eigenvalue weighted by Gasteiger charge is 2.38. The van der Waals surface area contributed by atoms with Gasteiger partial charge in [0.25, 0.3) is 0 Å². The lowest BCUT2D eigenvalue weighted by Gasteiger charge is -2.16. The molecule has 0 aliphatic rings. The Labute approximate surface area is 546 Å². The lowest BCUT2D eigenvalue weighted by Crippen LogP contribution is -2.08. The first-order valence-corrected chi connectivity index (χ1v) is 28.3. The molecule has 11 rings (SSSR count). The Balaban J connectivity index is 0.000000185. The van der Waals surface area contributed by atoms with Crippen molar-refractivity contribution in [1.82, 2.24) is 29.0 Å². The smallest absolute Gasteiger partial charge is 0.420 e. The highest BCUT2D eigenvalue weighted by Crippen LogP contribution is 2.44. The number of imidazole rings is 1. The van der Waals surface area contributed by atoms with E-state index in [0.29, 0.717) is 40.3 Å². The van der Waals surface area contributed by atoms with Gasteiger partial charge < -0.3 is 47.8 Å². The second-order valence-corrected chi connectivity index (χ2v) is 20.2. The summed E-state index contributed by atoms with van der Waals surface area (Å²) in [6.45, 7) is 0. The third-order valence-electron chi connectivity index (χ3n) is 13.3. The number of alkyl halides is 9. The lowest BCUT2D eigenvalue weighted by molar-refractivity contribution is -0.140. The molecule has 0 amide bonds. The SMILES string of the molecule is COC(=O)Cc1cccc(Oc2ccc(Oc3cccc(CCC=O)n3)cc2C(F)(F)F)c1.COC(=O)Cc1cccc(Oc2ccc(Oc3cccc4nncn34)cc2C(F)(F)F)c1.O=C(O)Cc1cccc(Oc2ccc(Oc3cccc4cncn34)cc2C(F)(F)F)c1.[BH4-]. The first kappa shape index (κ1) is 71.0. The van der Waals surface area contributed by atoms with Crippen LogP contribution >= 0.6 is 0 Å². The van der Waals surface area contributed by atoms with Crippen molar-refractivity contribution in [2.24, 2.45) is 0 Å². The van der Waals surface area contributed by atoms with Crippen molar-refractivity contribution >= 4 is 43.8 Å². The van der Waals surface area contributed by atoms with E-state index >= 15 is 0 Å². The zero-order valence-corrected chi connectivity index (χ0v) is 50.1. The minimum absolute atomic E-state index is 0. The summed E-state index contributed by atoms with van der Waals surface area (Å²) >= 11 is 0. The fourth-order valence-corrected chi connectivity index (χ4v) is 8.97. The molecule has 0 spiro atoms. The van der Waals surface area contributed by atoms with Gasteiger partial charge in [-0.15, -0.1) is 10.2 Å². The molecule has 502 valence electrons. The van der Waals surface area contributed by atoms with Crippen LogP contribution in [0.25, 0.3) is 11.2 Å². The number of aliphatic carboxylic acids is 1. The Kier molecular flexibility index (Phi) is 23.3. The number of carboxylic acid groups (broad SMARTS) is 1. The molecule has 0 saturated carbocycles. The summed E-state index contributed by atoms with van der Waals surface area (Å²) in [6.07, 6.45) is -8.50. The standard InChI is InChI=1S/C24H20F3NO5.C22H16F3N3O4.C22H15F3N2O4.BH4/c1-31-23(30)14-16-5-2-8-18(13-16)32-21-11-10-19(15-20(21)24(25,26)27)33-22-9-3-6-17(28-22)7-4-12-29;1-30-21(29)11-14-4-2-5-15(10-14)31-18-9-8-16(12-17(18)22(23,24)25)32-20-7-3-6-19-27-26-13-28(19)20;23-22(24,25)18-11-17(31-20-6-2-4-15-12-26-13-27(15)20)7-8-19(18)30-16-5-1-3-14(9-16)10-21(28)29;/h2-3,5-6,8-13,15H,4,7,14H2,1H3;2-10,12-13H,11H2,1H3;1-9,11-13H,10H2,(H,28,29);1H4/q;;;-1. The van der Waals surface area contributed by atoms with Crippen molar-refractivity contribution in [2.75, 3.05) is 14.2 Å². The summed E-state index contributed by atoms with van der Waals surface area (Å²) in [6, 6.07) is 43.3. The highest BCUT2D eigenvalue weighted by molar-refractivity contribution is 5.76. The topological polar surface area (TPSA) is 223 Å². The molecular formula is C68H55BF9N6O13-. The average Bonchev–Trinajstić information content (AvgIpc) is 1.59. The molecule has 0 radical (unpaired) electrons. The number of aldehydes is 1. The van der Waals surface area contributed by atoms with Gasteiger partial charge in [0.05, 0.1) is 45.2 Å². The van der Waals surface area contributed by atoms with Crippen molar-refractivity contribution in [2.45, 2.75) is 50.6 Å². The predicted molar refractivity (Wildman–Crippen MR) is 335 cm³/mol. The summed E-state index contributed by atoms with van der Waals surface area (Å²) in [5.41, 5.74) is 0.235. The molecule has 11 aromatic rings. The molecule has 0 aliphatic carbocycles. The summed E-state index contributed by atoms with van der Waals surface area (Å²) in [5.74, 6) is -2.33. The Morgan fingerprint density at radius 1 is 0.485 bits per heavy atom. The zero-order valence-electron chi connectivity index (χ0n) is 50.1. The lowest BCUT2D eigenvalue weighted by atomic mass is 10.1. The van der Waals surface area contributed by atoms with Gasteiger partial charge >= 0.3 is 36.4 Å². The molecule has 0 unspecified atom stereocenters. The van der Waals surface area contributed by atoms with Crippen LogP contribution in [-0.2, 0) is 72.9 Å². The number of carbonyl (C=O) groups is 4. The Hall–Kier alpha value is -11.9. The fourth-order valence-electron chi connectivity index (χ4n) is 8.97. The third kappa shape index (κ3) is 19.8. The number of fused-ring (bicyclic) bond motifs is 2. The van der Waals surface area contributed by atoms with Crippen LogP contribution in [0.2, 0.25) is 0 Å². The molecule has 97 heavy (non-hydrogen) atoms. The molecule has 29 heteroatoms. The van der Waals surface area contributed by atoms with Gasteiger partial charge in [0.1, 0.15) is 87.4 Å². The quantitative estimate of drug-likeness (QED) is 0.0306. The zero-order chi connectivity index (χ0) is 68.6. The Morgan fingerprint density at radius 2 is 0.918 bits per heavy atom. The maximum Gasteiger partial charge on any atom is 0.420 e. The average molecular weight is 1350 g/mol. The van der Waals surface area contributed by atoms with E-state index in [4.69, 9.17) is 33.5 Å². The number of aryl methyl sites for hydroxylation is 1. The second-order valence-electron chi connectivity index (χ2n) is 20.2. The molecule has 19 nitrogen and oxygen atoms in total. The Morgan fingerprint density at radius 3 is 1.38 bits per heavy atom. The van der Waals surface area contributed by atoms with Gasteiger partial charge in [0.15, 0.2) is 5.65 Å². The molecule has 0 fully saturated rings. The molecule has 0 saturated heterocycles. The highest BCUT2D eigenvalue weighted by atomic mass is 19.4. The van der Waals surface area contributed by atoms with E-state index in [-0.39, 0.29) is 80.4 Å². The summed E-state index contributed by atoms with van der Waals surface area (Å²) in [4.78, 5) is 52.5. The summed E-state index contributed by atoms with van der Waals surface area (Å²) < 4.78 is 169. The summed E-state index contributed by atoms with van der Waals surface area (Å²) in [5, 5.41) is 16.5. The number of nitrogens with zero attached hydrogens (tertiary/aromatic N) is 6. The van der Waals surface area contributed by atoms with E-state index in [1.54, 1.807) is 89.5 Å². The monoisotopic (exact) mass is 1350 g/mol. The number of ether oxygens (including phenoxy) is 8. The van der Waals surface area contributed by atoms with Gasteiger partial charge in [-0.3, -0.25) is 23.2 Å². The normalized spacial score (nSPS) is 11.2. The van der Waals surface area contributed by atoms with E-state index in [2.05, 4.69) is 29.6 Å². The number of carboxylic acids is 1. The predicted octanol–water partition coefficient (Wildman–Crippen LogP) is 14.7. The minimum Gasteiger partial charge on any atom is -0.481 e. The number of pyridine rings is 3. The molecule has 5 heterocycles. The number of benzene rings is 6. The van der Waals surface area contributed by atoms with Crippen molar-refractivity contribution in [3.05, 3.63) is 240 Å². The van der Waals surface area contributed by atoms with E-state index in [0.717, 1.165) is 42.1 Å². The van der Waals surface area contributed by atoms with Gasteiger partial charge in [-0.05, 0) is 144 Å². The molecule has 0 aliphatic heterocycles. The molecule has 6 aromatic carbocycles. The van der Waals surface area contributed by atoms with Crippen LogP contribution in [0.4, 0.5) is 39.5 Å². The van der Waals surface area contributed by atoms with Crippen LogP contribution < -0.4 is 28.4 Å². The number of methoxy groups -OCH3 is 2. The molecule has 1 N–H and O–H groups in total. The van der Waals surface area contributed by atoms with Crippen LogP contribution in [0, 0.1) is 0 Å². The van der Waals surface area contributed by atoms with Gasteiger partial charge in [-0.25, -0.2) is 9.97 Å². The number of rotatable bonds is 21. The number of carbonyl (C=O) groups excluding carboxylic acids is 3. The van der Waals surface area contributed by atoms with Gasteiger partial charge in [0.2, 0.25) is 17.6 Å². The number of hydrogen-bond donors (Lipinski definition) is 1. The van der Waals surface area contributed by atoms with Gasteiger partial charge in [-0.1, -0.05) is 63.0 Å². The van der Waals surface area contributed by atoms with Gasteiger partial charge in [-0.2, -0.15) is 39.5 Å². The number of esters is 2. The van der Waals surface area contributed by atoms with Crippen LogP contribution in [0.5, 0.6) is 69.4 Å². The maximum atomic E-state index is 13.7. The maximum absolute atomic E-state index is 13.7. The second kappa shape index (κ2) is 31.8. The van der Waals surface area contributed by atoms with E-state index < -0.39 is 70.4 Å². The van der Waals surface area contributed by atoms with Crippen molar-refractivity contribution < 1.29 is 102 Å². The van der Waals surface area contributed by atoms with Crippen LogP contribution in [-0.4, -0.2) is 80.9 Å². The van der Waals surface area contributed by atoms with Crippen LogP contribution in [0.15, 0.2) is 201 Å². The van der Waals surface area contributed by atoms with E-state index in [1.165, 1.54) is 104 Å². The fraction of sp³-hybridized carbons (Fsp3) is 0.147. The van der Waals surface area contributed by atoms with Crippen molar-refractivity contribution in [1.29, 1.82) is 0 Å². The van der Waals surface area contributed by atoms with Crippen LogP contribution in [0.1, 0.15) is 45.5 Å². The van der Waals surface area contributed by atoms with E-state index in [9.17, 15) is 58.7 Å². The van der Waals surface area contributed by atoms with Crippen molar-refractivity contribution in [3.63, 3.8) is 0 Å². The van der Waals surface area contributed by atoms with Crippen molar-refractivity contribution in [3.8, 4) is 69.4 Å².